The number of carbonyl (C=O) groups is 1. The number of aryl methyl sites for hydroxylation is 1. The van der Waals surface area contributed by atoms with Gasteiger partial charge in [-0.25, -0.2) is 15.0 Å². The third kappa shape index (κ3) is 4.13. The lowest BCUT2D eigenvalue weighted by Gasteiger charge is -2.09. The molecule has 0 spiro atoms. The van der Waals surface area contributed by atoms with Crippen molar-refractivity contribution < 1.29 is 9.53 Å². The number of methoxy groups -OCH3 is 1. The molecule has 0 atom stereocenters. The van der Waals surface area contributed by atoms with Gasteiger partial charge in [0, 0.05) is 16.6 Å². The molecule has 1 N–H and O–H groups in total. The minimum Gasteiger partial charge on any atom is -0.497 e. The highest BCUT2D eigenvalue weighted by Crippen LogP contribution is 2.43. The molecule has 0 aliphatic heterocycles. The van der Waals surface area contributed by atoms with E-state index in [-0.39, 0.29) is 11.7 Å². The SMILES string of the molecule is COc1ccc(NC(=O)CSc2ncnc3c2sc2nc(-c4ccccc4)c4c(c23)CCC4)cc1. The molecule has 0 fully saturated rings. The van der Waals surface area contributed by atoms with Crippen LogP contribution in [0.3, 0.4) is 0 Å². The molecule has 0 bridgehead atoms. The van der Waals surface area contributed by atoms with Crippen molar-refractivity contribution in [2.75, 3.05) is 18.2 Å². The van der Waals surface area contributed by atoms with Crippen LogP contribution in [0.15, 0.2) is 66.0 Å². The molecule has 5 aromatic rings. The van der Waals surface area contributed by atoms with E-state index in [1.54, 1.807) is 24.8 Å². The molecule has 0 saturated heterocycles. The lowest BCUT2D eigenvalue weighted by molar-refractivity contribution is -0.113. The zero-order chi connectivity index (χ0) is 23.8. The molecule has 0 radical (unpaired) electrons. The summed E-state index contributed by atoms with van der Waals surface area (Å²) in [4.78, 5) is 27.9. The summed E-state index contributed by atoms with van der Waals surface area (Å²) in [6.45, 7) is 0. The number of anilines is 1. The summed E-state index contributed by atoms with van der Waals surface area (Å²) in [7, 11) is 1.62. The molecule has 6 rings (SSSR count). The summed E-state index contributed by atoms with van der Waals surface area (Å²) in [6.07, 6.45) is 4.81. The standard InChI is InChI=1S/C27H22N4O2S2/c1-33-18-12-10-17(11-13-18)30-21(32)14-34-27-25-24(28-15-29-27)22-19-8-5-9-20(19)23(31-26(22)35-25)16-6-3-2-4-7-16/h2-4,6-7,10-13,15H,5,8-9,14H2,1H3,(H,30,32). The van der Waals surface area contributed by atoms with E-state index in [9.17, 15) is 4.79 Å². The predicted molar refractivity (Wildman–Crippen MR) is 143 cm³/mol. The summed E-state index contributed by atoms with van der Waals surface area (Å²) < 4.78 is 6.17. The van der Waals surface area contributed by atoms with Crippen molar-refractivity contribution in [1.29, 1.82) is 0 Å². The normalized spacial score (nSPS) is 12.7. The molecule has 1 aliphatic carbocycles. The van der Waals surface area contributed by atoms with E-state index in [2.05, 4.69) is 39.6 Å². The molecule has 0 saturated carbocycles. The molecule has 2 aromatic carbocycles. The topological polar surface area (TPSA) is 77.0 Å². The zero-order valence-corrected chi connectivity index (χ0v) is 20.7. The fourth-order valence-electron chi connectivity index (χ4n) is 4.62. The number of amides is 1. The van der Waals surface area contributed by atoms with Crippen molar-refractivity contribution in [1.82, 2.24) is 15.0 Å². The van der Waals surface area contributed by atoms with Crippen LogP contribution >= 0.6 is 23.1 Å². The van der Waals surface area contributed by atoms with Crippen LogP contribution in [0.2, 0.25) is 0 Å². The van der Waals surface area contributed by atoms with E-state index in [4.69, 9.17) is 9.72 Å². The molecule has 0 unspecified atom stereocenters. The van der Waals surface area contributed by atoms with Crippen LogP contribution in [0.5, 0.6) is 5.75 Å². The number of nitrogens with zero attached hydrogens (tertiary/aromatic N) is 3. The van der Waals surface area contributed by atoms with Gasteiger partial charge in [0.2, 0.25) is 5.91 Å². The summed E-state index contributed by atoms with van der Waals surface area (Å²) in [5.41, 5.74) is 6.63. The van der Waals surface area contributed by atoms with Crippen LogP contribution in [0, 0.1) is 0 Å². The van der Waals surface area contributed by atoms with Crippen molar-refractivity contribution in [3.8, 4) is 17.0 Å². The van der Waals surface area contributed by atoms with Gasteiger partial charge in [-0.2, -0.15) is 0 Å². The molecule has 6 nitrogen and oxygen atoms in total. The number of benzene rings is 2. The maximum atomic E-state index is 12.6. The number of nitrogens with one attached hydrogen (secondary N) is 1. The van der Waals surface area contributed by atoms with Gasteiger partial charge in [0.05, 0.1) is 28.8 Å². The minimum atomic E-state index is -0.0848. The summed E-state index contributed by atoms with van der Waals surface area (Å²) in [5, 5.41) is 4.90. The fourth-order valence-corrected chi connectivity index (χ4v) is 6.66. The molecule has 35 heavy (non-hydrogen) atoms. The van der Waals surface area contributed by atoms with Gasteiger partial charge in [-0.05, 0) is 54.7 Å². The number of pyridine rings is 1. The van der Waals surface area contributed by atoms with Crippen LogP contribution in [0.25, 0.3) is 31.7 Å². The number of hydrogen-bond acceptors (Lipinski definition) is 7. The van der Waals surface area contributed by atoms with Crippen LogP contribution in [-0.2, 0) is 17.6 Å². The van der Waals surface area contributed by atoms with Gasteiger partial charge in [-0.15, -0.1) is 11.3 Å². The first-order chi connectivity index (χ1) is 17.2. The summed E-state index contributed by atoms with van der Waals surface area (Å²) in [5.74, 6) is 0.923. The fraction of sp³-hybridized carbons (Fsp3) is 0.185. The first-order valence-electron chi connectivity index (χ1n) is 11.4. The van der Waals surface area contributed by atoms with Crippen molar-refractivity contribution in [2.45, 2.75) is 24.3 Å². The zero-order valence-electron chi connectivity index (χ0n) is 19.1. The number of thiophene rings is 1. The highest BCUT2D eigenvalue weighted by molar-refractivity contribution is 8.00. The van der Waals surface area contributed by atoms with Gasteiger partial charge >= 0.3 is 0 Å². The van der Waals surface area contributed by atoms with Gasteiger partial charge in [0.15, 0.2) is 0 Å². The van der Waals surface area contributed by atoms with Crippen LogP contribution < -0.4 is 10.1 Å². The van der Waals surface area contributed by atoms with Crippen molar-refractivity contribution in [2.24, 2.45) is 0 Å². The number of thioether (sulfide) groups is 1. The highest BCUT2D eigenvalue weighted by Gasteiger charge is 2.25. The Kier molecular flexibility index (Phi) is 5.83. The molecule has 1 amide bonds. The number of carbonyl (C=O) groups excluding carboxylic acids is 1. The number of ether oxygens (including phenoxy) is 1. The van der Waals surface area contributed by atoms with Gasteiger partial charge in [0.1, 0.15) is 21.9 Å². The Balaban J connectivity index is 1.32. The second-order valence-electron chi connectivity index (χ2n) is 8.34. The second-order valence-corrected chi connectivity index (χ2v) is 10.3. The van der Waals surface area contributed by atoms with E-state index in [1.165, 1.54) is 22.9 Å². The van der Waals surface area contributed by atoms with Gasteiger partial charge in [-0.3, -0.25) is 4.79 Å². The van der Waals surface area contributed by atoms with Crippen molar-refractivity contribution in [3.63, 3.8) is 0 Å². The Morgan fingerprint density at radius 1 is 1.06 bits per heavy atom. The summed E-state index contributed by atoms with van der Waals surface area (Å²) >= 11 is 3.05. The van der Waals surface area contributed by atoms with Gasteiger partial charge < -0.3 is 10.1 Å². The largest absolute Gasteiger partial charge is 0.497 e. The van der Waals surface area contributed by atoms with E-state index in [1.807, 2.05) is 30.3 Å². The average molecular weight is 499 g/mol. The Hall–Kier alpha value is -3.49. The monoisotopic (exact) mass is 498 g/mol. The number of fused-ring (bicyclic) bond motifs is 5. The Labute approximate surface area is 210 Å². The molecule has 1 aliphatic rings. The number of rotatable bonds is 6. The highest BCUT2D eigenvalue weighted by atomic mass is 32.2. The summed E-state index contributed by atoms with van der Waals surface area (Å²) in [6, 6.07) is 17.7. The molecular formula is C27H22N4O2S2. The van der Waals surface area contributed by atoms with Crippen molar-refractivity contribution >= 4 is 55.1 Å². The van der Waals surface area contributed by atoms with Crippen LogP contribution in [0.4, 0.5) is 5.69 Å². The van der Waals surface area contributed by atoms with E-state index in [0.717, 1.165) is 67.4 Å². The molecule has 3 heterocycles. The smallest absolute Gasteiger partial charge is 0.234 e. The van der Waals surface area contributed by atoms with E-state index < -0.39 is 0 Å². The lowest BCUT2D eigenvalue weighted by Crippen LogP contribution is -2.14. The Bertz CT molecular complexity index is 1550. The quantitative estimate of drug-likeness (QED) is 0.224. The Morgan fingerprint density at radius 2 is 1.86 bits per heavy atom. The van der Waals surface area contributed by atoms with Gasteiger partial charge in [-0.1, -0.05) is 42.1 Å². The molecule has 8 heteroatoms. The maximum absolute atomic E-state index is 12.6. The second kappa shape index (κ2) is 9.28. The van der Waals surface area contributed by atoms with Crippen molar-refractivity contribution in [3.05, 3.63) is 72.1 Å². The average Bonchev–Trinajstić information content (AvgIpc) is 3.53. The first kappa shape index (κ1) is 22.0. The molecule has 174 valence electrons. The maximum Gasteiger partial charge on any atom is 0.234 e. The van der Waals surface area contributed by atoms with Gasteiger partial charge in [0.25, 0.3) is 0 Å². The predicted octanol–water partition coefficient (Wildman–Crippen LogP) is 6.13. The number of aromatic nitrogens is 3. The lowest BCUT2D eigenvalue weighted by atomic mass is 10.0. The van der Waals surface area contributed by atoms with E-state index >= 15 is 0 Å². The molecule has 3 aromatic heterocycles. The minimum absolute atomic E-state index is 0.0848. The van der Waals surface area contributed by atoms with E-state index in [0.29, 0.717) is 0 Å². The third-order valence-electron chi connectivity index (χ3n) is 6.20. The first-order valence-corrected chi connectivity index (χ1v) is 13.2. The third-order valence-corrected chi connectivity index (χ3v) is 8.40. The Morgan fingerprint density at radius 3 is 2.66 bits per heavy atom. The van der Waals surface area contributed by atoms with Crippen LogP contribution in [-0.4, -0.2) is 33.7 Å². The molecular weight excluding hydrogens is 476 g/mol. The van der Waals surface area contributed by atoms with Crippen LogP contribution in [0.1, 0.15) is 17.5 Å². The number of hydrogen-bond donors (Lipinski definition) is 1.